The van der Waals surface area contributed by atoms with Gasteiger partial charge in [0.25, 0.3) is 0 Å². The summed E-state index contributed by atoms with van der Waals surface area (Å²) in [5.74, 6) is -0.197. The van der Waals surface area contributed by atoms with Crippen LogP contribution in [-0.4, -0.2) is 42.3 Å². The molecule has 4 nitrogen and oxygen atoms in total. The van der Waals surface area contributed by atoms with Gasteiger partial charge in [-0.25, -0.2) is 4.39 Å². The van der Waals surface area contributed by atoms with Gasteiger partial charge in [0.15, 0.2) is 0 Å². The van der Waals surface area contributed by atoms with E-state index in [4.69, 9.17) is 14.2 Å². The zero-order chi connectivity index (χ0) is 28.3. The number of aryl methyl sites for hydroxylation is 1. The Morgan fingerprint density at radius 3 is 1.63 bits per heavy atom. The van der Waals surface area contributed by atoms with Crippen LogP contribution < -0.4 is 0 Å². The van der Waals surface area contributed by atoms with Crippen LogP contribution in [0.3, 0.4) is 0 Å². The standard InChI is InChI=1S/C36H40FNO3/c1-28-35(40-26-31-14-7-3-8-15-31)36(41-27-32-16-9-4-10-17-32)34(39-25-30-12-5-2-6-13-30)24-38(28)23-11-18-29-19-21-33(37)22-20-29/h2-10,12-17,19-22,28,34-36H,11,18,23-27H2,1H3/t28-,34+,35-,36-/m1/s1. The Morgan fingerprint density at radius 1 is 0.610 bits per heavy atom. The molecule has 1 aliphatic heterocycles. The van der Waals surface area contributed by atoms with Crippen molar-refractivity contribution in [3.05, 3.63) is 143 Å². The van der Waals surface area contributed by atoms with Crippen LogP contribution in [0.4, 0.5) is 4.39 Å². The molecule has 0 aliphatic carbocycles. The van der Waals surface area contributed by atoms with Crippen LogP contribution in [0.5, 0.6) is 0 Å². The zero-order valence-corrected chi connectivity index (χ0v) is 23.8. The van der Waals surface area contributed by atoms with Gasteiger partial charge in [0.2, 0.25) is 0 Å². The highest BCUT2D eigenvalue weighted by Crippen LogP contribution is 2.29. The summed E-state index contributed by atoms with van der Waals surface area (Å²) in [5, 5.41) is 0. The predicted octanol–water partition coefficient (Wildman–Crippen LogP) is 7.22. The number of rotatable bonds is 13. The van der Waals surface area contributed by atoms with E-state index in [2.05, 4.69) is 48.2 Å². The summed E-state index contributed by atoms with van der Waals surface area (Å²) in [4.78, 5) is 2.47. The first-order valence-electron chi connectivity index (χ1n) is 14.6. The summed E-state index contributed by atoms with van der Waals surface area (Å²) in [6.45, 7) is 5.40. The van der Waals surface area contributed by atoms with Crippen LogP contribution in [-0.2, 0) is 40.5 Å². The molecule has 0 radical (unpaired) electrons. The third-order valence-corrected chi connectivity index (χ3v) is 7.86. The largest absolute Gasteiger partial charge is 0.369 e. The SMILES string of the molecule is C[C@@H]1[C@@H](OCc2ccccc2)[C@H](OCc2ccccc2)[C@@H](OCc2ccccc2)CN1CCCc1ccc(F)cc1. The van der Waals surface area contributed by atoms with Crippen molar-refractivity contribution in [2.75, 3.05) is 13.1 Å². The first kappa shape index (κ1) is 29.2. The molecule has 1 saturated heterocycles. The summed E-state index contributed by atoms with van der Waals surface area (Å²) in [7, 11) is 0. The number of likely N-dealkylation sites (tertiary alicyclic amines) is 1. The zero-order valence-electron chi connectivity index (χ0n) is 23.8. The third-order valence-electron chi connectivity index (χ3n) is 7.86. The monoisotopic (exact) mass is 553 g/mol. The number of benzene rings is 4. The first-order chi connectivity index (χ1) is 20.2. The minimum absolute atomic E-state index is 0.129. The number of halogens is 1. The molecular weight excluding hydrogens is 513 g/mol. The Labute approximate surface area is 243 Å². The maximum atomic E-state index is 13.4. The Morgan fingerprint density at radius 2 is 1.10 bits per heavy atom. The quantitative estimate of drug-likeness (QED) is 0.175. The van der Waals surface area contributed by atoms with Crippen molar-refractivity contribution in [2.45, 2.75) is 63.9 Å². The van der Waals surface area contributed by atoms with E-state index in [1.165, 1.54) is 12.1 Å². The van der Waals surface area contributed by atoms with Crippen LogP contribution in [0.15, 0.2) is 115 Å². The van der Waals surface area contributed by atoms with E-state index in [-0.39, 0.29) is 30.2 Å². The summed E-state index contributed by atoms with van der Waals surface area (Å²) < 4.78 is 33.4. The molecular formula is C36H40FNO3. The van der Waals surface area contributed by atoms with Crippen LogP contribution in [0.1, 0.15) is 35.6 Å². The lowest BCUT2D eigenvalue weighted by Crippen LogP contribution is -2.62. The van der Waals surface area contributed by atoms with Gasteiger partial charge >= 0.3 is 0 Å². The van der Waals surface area contributed by atoms with Crippen LogP contribution in [0, 0.1) is 5.82 Å². The molecule has 41 heavy (non-hydrogen) atoms. The van der Waals surface area contributed by atoms with Gasteiger partial charge in [0, 0.05) is 12.6 Å². The Kier molecular flexibility index (Phi) is 10.7. The van der Waals surface area contributed by atoms with Gasteiger partial charge in [0.05, 0.1) is 25.9 Å². The average molecular weight is 554 g/mol. The van der Waals surface area contributed by atoms with Crippen molar-refractivity contribution in [2.24, 2.45) is 0 Å². The minimum atomic E-state index is -0.231. The molecule has 0 saturated carbocycles. The van der Waals surface area contributed by atoms with E-state index in [9.17, 15) is 4.39 Å². The predicted molar refractivity (Wildman–Crippen MR) is 161 cm³/mol. The van der Waals surface area contributed by atoms with Gasteiger partial charge in [-0.1, -0.05) is 103 Å². The molecule has 5 heteroatoms. The molecule has 0 unspecified atom stereocenters. The fourth-order valence-corrected chi connectivity index (χ4v) is 5.52. The van der Waals surface area contributed by atoms with E-state index in [0.717, 1.165) is 48.2 Å². The van der Waals surface area contributed by atoms with Gasteiger partial charge in [0.1, 0.15) is 18.0 Å². The van der Waals surface area contributed by atoms with E-state index in [1.807, 2.05) is 66.7 Å². The second-order valence-corrected chi connectivity index (χ2v) is 10.8. The molecule has 214 valence electrons. The number of piperidine rings is 1. The van der Waals surface area contributed by atoms with E-state index >= 15 is 0 Å². The summed E-state index contributed by atoms with van der Waals surface area (Å²) >= 11 is 0. The molecule has 4 aromatic carbocycles. The Hall–Kier alpha value is -3.35. The van der Waals surface area contributed by atoms with Gasteiger partial charge in [-0.15, -0.1) is 0 Å². The normalized spacial score (nSPS) is 21.1. The fraction of sp³-hybridized carbons (Fsp3) is 0.333. The van der Waals surface area contributed by atoms with Crippen LogP contribution in [0.25, 0.3) is 0 Å². The Bertz CT molecular complexity index is 1290. The minimum Gasteiger partial charge on any atom is -0.369 e. The first-order valence-corrected chi connectivity index (χ1v) is 14.6. The number of hydrogen-bond donors (Lipinski definition) is 0. The lowest BCUT2D eigenvalue weighted by Gasteiger charge is -2.47. The molecule has 0 bridgehead atoms. The topological polar surface area (TPSA) is 30.9 Å². The molecule has 0 N–H and O–H groups in total. The van der Waals surface area contributed by atoms with Crippen molar-refractivity contribution in [1.29, 1.82) is 0 Å². The summed E-state index contributed by atoms with van der Waals surface area (Å²) in [5.41, 5.74) is 4.55. The molecule has 1 fully saturated rings. The second-order valence-electron chi connectivity index (χ2n) is 10.8. The highest BCUT2D eigenvalue weighted by molar-refractivity contribution is 5.17. The number of hydrogen-bond acceptors (Lipinski definition) is 4. The van der Waals surface area contributed by atoms with E-state index in [0.29, 0.717) is 19.8 Å². The summed E-state index contributed by atoms with van der Waals surface area (Å²) in [6.07, 6.45) is 1.28. The highest BCUT2D eigenvalue weighted by Gasteiger charge is 2.43. The van der Waals surface area contributed by atoms with Crippen molar-refractivity contribution in [3.63, 3.8) is 0 Å². The van der Waals surface area contributed by atoms with Gasteiger partial charge in [-0.2, -0.15) is 0 Å². The van der Waals surface area contributed by atoms with Crippen molar-refractivity contribution < 1.29 is 18.6 Å². The van der Waals surface area contributed by atoms with E-state index in [1.54, 1.807) is 0 Å². The molecule has 1 aliphatic rings. The van der Waals surface area contributed by atoms with Crippen molar-refractivity contribution >= 4 is 0 Å². The molecule has 4 atom stereocenters. The fourth-order valence-electron chi connectivity index (χ4n) is 5.52. The second kappa shape index (κ2) is 15.0. The summed E-state index contributed by atoms with van der Waals surface area (Å²) in [6, 6.07) is 37.8. The lowest BCUT2D eigenvalue weighted by atomic mass is 9.93. The average Bonchev–Trinajstić information content (AvgIpc) is 3.02. The maximum absolute atomic E-state index is 13.4. The molecule has 0 amide bonds. The number of ether oxygens (including phenoxy) is 3. The van der Waals surface area contributed by atoms with Crippen LogP contribution in [0.2, 0.25) is 0 Å². The molecule has 4 aromatic rings. The van der Waals surface area contributed by atoms with Gasteiger partial charge in [-0.3, -0.25) is 4.90 Å². The highest BCUT2D eigenvalue weighted by atomic mass is 19.1. The molecule has 1 heterocycles. The number of nitrogens with zero attached hydrogens (tertiary/aromatic N) is 1. The maximum Gasteiger partial charge on any atom is 0.123 e. The molecule has 0 spiro atoms. The lowest BCUT2D eigenvalue weighted by molar-refractivity contribution is -0.200. The molecule has 5 rings (SSSR count). The van der Waals surface area contributed by atoms with Gasteiger partial charge in [-0.05, 0) is 60.7 Å². The van der Waals surface area contributed by atoms with E-state index < -0.39 is 0 Å². The smallest absolute Gasteiger partial charge is 0.123 e. The van der Waals surface area contributed by atoms with Crippen molar-refractivity contribution in [1.82, 2.24) is 4.90 Å². The van der Waals surface area contributed by atoms with Crippen molar-refractivity contribution in [3.8, 4) is 0 Å². The molecule has 0 aromatic heterocycles. The van der Waals surface area contributed by atoms with Gasteiger partial charge < -0.3 is 14.2 Å². The van der Waals surface area contributed by atoms with Crippen LogP contribution >= 0.6 is 0 Å². The Balaban J connectivity index is 1.34. The third kappa shape index (κ3) is 8.57.